The van der Waals surface area contributed by atoms with Crippen molar-refractivity contribution in [3.63, 3.8) is 0 Å². The van der Waals surface area contributed by atoms with Gasteiger partial charge in [-0.05, 0) is 41.8 Å². The molecular formula is C24H21F3N2O2. The van der Waals surface area contributed by atoms with Gasteiger partial charge in [0.1, 0.15) is 0 Å². The van der Waals surface area contributed by atoms with Crippen molar-refractivity contribution in [3.05, 3.63) is 102 Å². The van der Waals surface area contributed by atoms with Gasteiger partial charge in [0.15, 0.2) is 0 Å². The van der Waals surface area contributed by atoms with Gasteiger partial charge in [0.2, 0.25) is 0 Å². The third-order valence-electron chi connectivity index (χ3n) is 4.80. The molecule has 2 amide bonds. The SMILES string of the molecule is O=C(NCCC(c1ccccc1)c1ccccc1)C(=O)Nc1ccc(C(F)(F)F)cc1. The van der Waals surface area contributed by atoms with Crippen molar-refractivity contribution in [2.45, 2.75) is 18.5 Å². The second-order valence-electron chi connectivity index (χ2n) is 6.95. The first-order valence-corrected chi connectivity index (χ1v) is 9.71. The summed E-state index contributed by atoms with van der Waals surface area (Å²) in [5.74, 6) is -1.74. The van der Waals surface area contributed by atoms with E-state index in [0.717, 1.165) is 35.4 Å². The van der Waals surface area contributed by atoms with Crippen LogP contribution in [0.3, 0.4) is 0 Å². The highest BCUT2D eigenvalue weighted by atomic mass is 19.4. The van der Waals surface area contributed by atoms with Crippen LogP contribution in [0.5, 0.6) is 0 Å². The number of nitrogens with one attached hydrogen (secondary N) is 2. The molecular weight excluding hydrogens is 405 g/mol. The fourth-order valence-corrected chi connectivity index (χ4v) is 3.24. The van der Waals surface area contributed by atoms with Crippen LogP contribution >= 0.6 is 0 Å². The Morgan fingerprint density at radius 2 is 1.26 bits per heavy atom. The molecule has 0 spiro atoms. The number of benzene rings is 3. The lowest BCUT2D eigenvalue weighted by Gasteiger charge is -2.18. The molecule has 0 aliphatic rings. The highest BCUT2D eigenvalue weighted by Crippen LogP contribution is 2.30. The summed E-state index contributed by atoms with van der Waals surface area (Å²) in [5, 5.41) is 4.88. The van der Waals surface area contributed by atoms with Gasteiger partial charge in [0.05, 0.1) is 5.56 Å². The maximum absolute atomic E-state index is 12.6. The molecule has 31 heavy (non-hydrogen) atoms. The van der Waals surface area contributed by atoms with Crippen molar-refractivity contribution >= 4 is 17.5 Å². The molecule has 3 aromatic carbocycles. The molecule has 3 aromatic rings. The van der Waals surface area contributed by atoms with E-state index in [1.807, 2.05) is 60.7 Å². The standard InChI is InChI=1S/C24H21F3N2O2/c25-24(26,27)19-11-13-20(14-12-19)29-23(31)22(30)28-16-15-21(17-7-3-1-4-8-17)18-9-5-2-6-10-18/h1-14,21H,15-16H2,(H,28,30)(H,29,31). The Bertz CT molecular complexity index is 965. The van der Waals surface area contributed by atoms with E-state index in [4.69, 9.17) is 0 Å². The van der Waals surface area contributed by atoms with E-state index in [2.05, 4.69) is 10.6 Å². The van der Waals surface area contributed by atoms with Crippen LogP contribution in [0.1, 0.15) is 29.0 Å². The first-order valence-electron chi connectivity index (χ1n) is 9.71. The van der Waals surface area contributed by atoms with Gasteiger partial charge in [-0.2, -0.15) is 13.2 Å². The number of anilines is 1. The van der Waals surface area contributed by atoms with Crippen LogP contribution in [-0.2, 0) is 15.8 Å². The number of carbonyl (C=O) groups excluding carboxylic acids is 2. The van der Waals surface area contributed by atoms with Crippen LogP contribution in [0.2, 0.25) is 0 Å². The Balaban J connectivity index is 1.57. The lowest BCUT2D eigenvalue weighted by atomic mass is 9.88. The summed E-state index contributed by atoms with van der Waals surface area (Å²) in [6.45, 7) is 0.258. The molecule has 7 heteroatoms. The maximum atomic E-state index is 12.6. The van der Waals surface area contributed by atoms with E-state index < -0.39 is 23.6 Å². The molecule has 0 saturated carbocycles. The van der Waals surface area contributed by atoms with E-state index in [0.29, 0.717) is 6.42 Å². The summed E-state index contributed by atoms with van der Waals surface area (Å²) >= 11 is 0. The van der Waals surface area contributed by atoms with E-state index in [9.17, 15) is 22.8 Å². The van der Waals surface area contributed by atoms with Crippen LogP contribution in [0, 0.1) is 0 Å². The van der Waals surface area contributed by atoms with Gasteiger partial charge in [-0.1, -0.05) is 60.7 Å². The van der Waals surface area contributed by atoms with Gasteiger partial charge in [-0.25, -0.2) is 0 Å². The van der Waals surface area contributed by atoms with Gasteiger partial charge in [-0.3, -0.25) is 9.59 Å². The molecule has 0 aliphatic carbocycles. The summed E-state index contributed by atoms with van der Waals surface area (Å²) in [6, 6.07) is 23.6. The Hall–Kier alpha value is -3.61. The first kappa shape index (κ1) is 22.1. The van der Waals surface area contributed by atoms with Gasteiger partial charge in [0.25, 0.3) is 0 Å². The maximum Gasteiger partial charge on any atom is 0.416 e. The van der Waals surface area contributed by atoms with Gasteiger partial charge in [0, 0.05) is 18.2 Å². The molecule has 0 radical (unpaired) electrons. The lowest BCUT2D eigenvalue weighted by molar-refractivity contribution is -0.137. The average molecular weight is 426 g/mol. The average Bonchev–Trinajstić information content (AvgIpc) is 2.77. The molecule has 0 heterocycles. The topological polar surface area (TPSA) is 58.2 Å². The first-order chi connectivity index (χ1) is 14.8. The number of hydrogen-bond acceptors (Lipinski definition) is 2. The van der Waals surface area contributed by atoms with E-state index >= 15 is 0 Å². The molecule has 3 rings (SSSR count). The van der Waals surface area contributed by atoms with Crippen molar-refractivity contribution in [1.82, 2.24) is 5.32 Å². The highest BCUT2D eigenvalue weighted by molar-refractivity contribution is 6.39. The summed E-state index contributed by atoms with van der Waals surface area (Å²) < 4.78 is 37.8. The van der Waals surface area contributed by atoms with E-state index in [-0.39, 0.29) is 18.2 Å². The van der Waals surface area contributed by atoms with Crippen LogP contribution in [0.4, 0.5) is 18.9 Å². The van der Waals surface area contributed by atoms with Crippen LogP contribution < -0.4 is 10.6 Å². The molecule has 0 aromatic heterocycles. The monoisotopic (exact) mass is 426 g/mol. The smallest absolute Gasteiger partial charge is 0.348 e. The zero-order chi connectivity index (χ0) is 22.3. The number of rotatable bonds is 6. The van der Waals surface area contributed by atoms with E-state index in [1.54, 1.807) is 0 Å². The second kappa shape index (κ2) is 9.93. The minimum atomic E-state index is -4.46. The molecule has 0 aliphatic heterocycles. The Morgan fingerprint density at radius 3 is 1.74 bits per heavy atom. The Kier molecular flexibility index (Phi) is 7.07. The number of carbonyl (C=O) groups is 2. The van der Waals surface area contributed by atoms with Gasteiger partial charge in [-0.15, -0.1) is 0 Å². The third-order valence-corrected chi connectivity index (χ3v) is 4.80. The number of alkyl halides is 3. The fraction of sp³-hybridized carbons (Fsp3) is 0.167. The number of halogens is 3. The summed E-state index contributed by atoms with van der Waals surface area (Å²) in [6.07, 6.45) is -3.89. The van der Waals surface area contributed by atoms with Crippen LogP contribution in [0.25, 0.3) is 0 Å². The van der Waals surface area contributed by atoms with Crippen molar-refractivity contribution in [2.75, 3.05) is 11.9 Å². The van der Waals surface area contributed by atoms with E-state index in [1.165, 1.54) is 0 Å². The molecule has 0 unspecified atom stereocenters. The van der Waals surface area contributed by atoms with Crippen LogP contribution in [0.15, 0.2) is 84.9 Å². The predicted octanol–water partition coefficient (Wildman–Crippen LogP) is 4.98. The molecule has 4 nitrogen and oxygen atoms in total. The second-order valence-corrected chi connectivity index (χ2v) is 6.95. The van der Waals surface area contributed by atoms with Crippen LogP contribution in [-0.4, -0.2) is 18.4 Å². The zero-order valence-corrected chi connectivity index (χ0v) is 16.5. The molecule has 2 N–H and O–H groups in total. The molecule has 0 fully saturated rings. The predicted molar refractivity (Wildman–Crippen MR) is 112 cm³/mol. The van der Waals surface area contributed by atoms with Crippen molar-refractivity contribution < 1.29 is 22.8 Å². The summed E-state index contributed by atoms with van der Waals surface area (Å²) in [5.41, 5.74) is 1.47. The van der Waals surface area contributed by atoms with Gasteiger partial charge >= 0.3 is 18.0 Å². The zero-order valence-electron chi connectivity index (χ0n) is 16.5. The minimum Gasteiger partial charge on any atom is -0.348 e. The third kappa shape index (κ3) is 6.18. The van der Waals surface area contributed by atoms with Gasteiger partial charge < -0.3 is 10.6 Å². The van der Waals surface area contributed by atoms with Crippen molar-refractivity contribution in [3.8, 4) is 0 Å². The summed E-state index contributed by atoms with van der Waals surface area (Å²) in [4.78, 5) is 24.2. The quantitative estimate of drug-likeness (QED) is 0.546. The fourth-order valence-electron chi connectivity index (χ4n) is 3.24. The molecule has 0 atom stereocenters. The minimum absolute atomic E-state index is 0.0423. The van der Waals surface area contributed by atoms with Crippen molar-refractivity contribution in [1.29, 1.82) is 0 Å². The molecule has 160 valence electrons. The molecule has 0 bridgehead atoms. The van der Waals surface area contributed by atoms with Crippen molar-refractivity contribution in [2.24, 2.45) is 0 Å². The number of hydrogen-bond donors (Lipinski definition) is 2. The number of amides is 2. The Labute approximate surface area is 178 Å². The largest absolute Gasteiger partial charge is 0.416 e. The Morgan fingerprint density at radius 1 is 0.742 bits per heavy atom. The summed E-state index contributed by atoms with van der Waals surface area (Å²) in [7, 11) is 0. The normalized spacial score (nSPS) is 11.2. The lowest BCUT2D eigenvalue weighted by Crippen LogP contribution is -2.36. The molecule has 0 saturated heterocycles. The highest BCUT2D eigenvalue weighted by Gasteiger charge is 2.30.